The number of hydrogen-bond acceptors (Lipinski definition) is 8. The SMILES string of the molecule is CCc1cc2c(N3CCN(C(=O)Cc4ccc(F)c(F)c4)CC3)nc(OC[C@H](O)CO)nc2s1. The molecule has 1 saturated heterocycles. The van der Waals surface area contributed by atoms with Gasteiger partial charge in [0.2, 0.25) is 5.91 Å². The number of benzene rings is 1. The Labute approximate surface area is 199 Å². The van der Waals surface area contributed by atoms with Gasteiger partial charge in [-0.05, 0) is 30.2 Å². The standard InChI is InChI=1S/C23H26F2N4O4S/c1-2-16-11-17-21(26-23(27-22(17)34-16)33-13-15(31)12-30)29-7-5-28(6-8-29)20(32)10-14-3-4-18(24)19(25)9-14/h3-4,9,11,15,30-31H,2,5-8,10,12-13H2,1H3/t15-/m1/s1. The van der Waals surface area contributed by atoms with Crippen LogP contribution in [-0.4, -0.2) is 76.5 Å². The van der Waals surface area contributed by atoms with Crippen LogP contribution in [0.1, 0.15) is 17.4 Å². The van der Waals surface area contributed by atoms with Gasteiger partial charge >= 0.3 is 6.01 Å². The average molecular weight is 493 g/mol. The van der Waals surface area contributed by atoms with Crippen molar-refractivity contribution in [2.24, 2.45) is 0 Å². The highest BCUT2D eigenvalue weighted by Crippen LogP contribution is 2.33. The first-order chi connectivity index (χ1) is 16.4. The number of piperazine rings is 1. The second-order valence-corrected chi connectivity index (χ2v) is 9.17. The summed E-state index contributed by atoms with van der Waals surface area (Å²) in [6.45, 7) is 3.49. The number of aryl methyl sites for hydroxylation is 1. The Hall–Kier alpha value is -2.89. The number of carbonyl (C=O) groups is 1. The minimum atomic E-state index is -1.03. The molecule has 2 aromatic heterocycles. The fraction of sp³-hybridized carbons (Fsp3) is 0.435. The fourth-order valence-corrected chi connectivity index (χ4v) is 4.70. The Morgan fingerprint density at radius 3 is 2.62 bits per heavy atom. The van der Waals surface area contributed by atoms with E-state index in [2.05, 4.69) is 27.9 Å². The zero-order chi connectivity index (χ0) is 24.2. The van der Waals surface area contributed by atoms with Crippen LogP contribution in [0.2, 0.25) is 0 Å². The van der Waals surface area contributed by atoms with Gasteiger partial charge in [-0.2, -0.15) is 9.97 Å². The van der Waals surface area contributed by atoms with Crippen molar-refractivity contribution in [1.29, 1.82) is 0 Å². The minimum absolute atomic E-state index is 0.00448. The van der Waals surface area contributed by atoms with Crippen LogP contribution >= 0.6 is 11.3 Å². The van der Waals surface area contributed by atoms with Crippen LogP contribution in [-0.2, 0) is 17.6 Å². The number of carbonyl (C=O) groups excluding carboxylic acids is 1. The van der Waals surface area contributed by atoms with Crippen LogP contribution in [0.15, 0.2) is 24.3 Å². The third-order valence-corrected chi connectivity index (χ3v) is 6.81. The lowest BCUT2D eigenvalue weighted by Gasteiger charge is -2.35. The lowest BCUT2D eigenvalue weighted by molar-refractivity contribution is -0.130. The number of aromatic nitrogens is 2. The second-order valence-electron chi connectivity index (χ2n) is 8.06. The third-order valence-electron chi connectivity index (χ3n) is 5.64. The molecule has 1 atom stereocenters. The molecule has 0 spiro atoms. The molecule has 1 amide bonds. The van der Waals surface area contributed by atoms with Crippen LogP contribution in [0.5, 0.6) is 6.01 Å². The lowest BCUT2D eigenvalue weighted by atomic mass is 10.1. The molecule has 1 aliphatic heterocycles. The predicted octanol–water partition coefficient (Wildman–Crippen LogP) is 2.16. The van der Waals surface area contributed by atoms with Crippen molar-refractivity contribution < 1.29 is 28.5 Å². The first kappa shape index (κ1) is 24.2. The molecular weight excluding hydrogens is 466 g/mol. The fourth-order valence-electron chi connectivity index (χ4n) is 3.74. The number of aliphatic hydroxyl groups excluding tert-OH is 2. The maximum Gasteiger partial charge on any atom is 0.319 e. The van der Waals surface area contributed by atoms with Crippen molar-refractivity contribution in [2.75, 3.05) is 44.3 Å². The van der Waals surface area contributed by atoms with Crippen LogP contribution < -0.4 is 9.64 Å². The summed E-state index contributed by atoms with van der Waals surface area (Å²) in [7, 11) is 0. The van der Waals surface area contributed by atoms with Crippen molar-refractivity contribution in [2.45, 2.75) is 25.9 Å². The maximum absolute atomic E-state index is 13.5. The van der Waals surface area contributed by atoms with Crippen LogP contribution in [0.4, 0.5) is 14.6 Å². The van der Waals surface area contributed by atoms with Crippen molar-refractivity contribution >= 4 is 33.3 Å². The van der Waals surface area contributed by atoms with Crippen molar-refractivity contribution in [1.82, 2.24) is 14.9 Å². The predicted molar refractivity (Wildman–Crippen MR) is 124 cm³/mol. The number of amides is 1. The van der Waals surface area contributed by atoms with Gasteiger partial charge in [0.05, 0.1) is 18.4 Å². The van der Waals surface area contributed by atoms with Gasteiger partial charge in [0.25, 0.3) is 0 Å². The Morgan fingerprint density at radius 1 is 1.18 bits per heavy atom. The highest BCUT2D eigenvalue weighted by Gasteiger charge is 2.25. The molecular formula is C23H26F2N4O4S. The molecule has 2 N–H and O–H groups in total. The summed E-state index contributed by atoms with van der Waals surface area (Å²) in [5, 5.41) is 19.5. The molecule has 0 radical (unpaired) electrons. The molecule has 1 fully saturated rings. The number of aliphatic hydroxyl groups is 2. The number of nitrogens with zero attached hydrogens (tertiary/aromatic N) is 4. The summed E-state index contributed by atoms with van der Waals surface area (Å²) in [6, 6.07) is 5.68. The van der Waals surface area contributed by atoms with E-state index in [1.807, 2.05) is 0 Å². The van der Waals surface area contributed by atoms with E-state index in [4.69, 9.17) is 9.84 Å². The van der Waals surface area contributed by atoms with Gasteiger partial charge in [-0.25, -0.2) is 8.78 Å². The molecule has 0 aliphatic carbocycles. The van der Waals surface area contributed by atoms with Crippen molar-refractivity contribution in [3.05, 3.63) is 46.3 Å². The number of hydrogen-bond donors (Lipinski definition) is 2. The Kier molecular flexibility index (Phi) is 7.54. The van der Waals surface area contributed by atoms with Gasteiger partial charge in [0.1, 0.15) is 23.4 Å². The molecule has 34 heavy (non-hydrogen) atoms. The van der Waals surface area contributed by atoms with Gasteiger partial charge in [0.15, 0.2) is 11.6 Å². The van der Waals surface area contributed by atoms with Gasteiger partial charge in [-0.1, -0.05) is 13.0 Å². The first-order valence-corrected chi connectivity index (χ1v) is 11.9. The zero-order valence-corrected chi connectivity index (χ0v) is 19.5. The Bertz CT molecular complexity index is 1170. The van der Waals surface area contributed by atoms with E-state index >= 15 is 0 Å². The van der Waals surface area contributed by atoms with E-state index in [9.17, 15) is 18.7 Å². The van der Waals surface area contributed by atoms with Crippen LogP contribution in [0, 0.1) is 11.6 Å². The Morgan fingerprint density at radius 2 is 1.94 bits per heavy atom. The molecule has 1 aliphatic rings. The molecule has 4 rings (SSSR count). The van der Waals surface area contributed by atoms with E-state index in [0.717, 1.165) is 33.6 Å². The molecule has 0 unspecified atom stereocenters. The lowest BCUT2D eigenvalue weighted by Crippen LogP contribution is -2.49. The van der Waals surface area contributed by atoms with E-state index in [1.165, 1.54) is 6.07 Å². The second kappa shape index (κ2) is 10.6. The van der Waals surface area contributed by atoms with Gasteiger partial charge in [-0.15, -0.1) is 11.3 Å². The molecule has 3 heterocycles. The largest absolute Gasteiger partial charge is 0.461 e. The summed E-state index contributed by atoms with van der Waals surface area (Å²) in [5.41, 5.74) is 0.432. The van der Waals surface area contributed by atoms with Crippen LogP contribution in [0.25, 0.3) is 10.2 Å². The minimum Gasteiger partial charge on any atom is -0.461 e. The highest BCUT2D eigenvalue weighted by atomic mass is 32.1. The smallest absolute Gasteiger partial charge is 0.319 e. The van der Waals surface area contributed by atoms with Gasteiger partial charge in [-0.3, -0.25) is 4.79 Å². The summed E-state index contributed by atoms with van der Waals surface area (Å²) in [4.78, 5) is 27.4. The maximum atomic E-state index is 13.5. The normalized spacial score (nSPS) is 15.1. The quantitative estimate of drug-likeness (QED) is 0.497. The summed E-state index contributed by atoms with van der Waals surface area (Å²) >= 11 is 1.55. The average Bonchev–Trinajstić information content (AvgIpc) is 3.27. The number of fused-ring (bicyclic) bond motifs is 1. The molecule has 182 valence electrons. The number of rotatable bonds is 8. The number of anilines is 1. The first-order valence-electron chi connectivity index (χ1n) is 11.1. The van der Waals surface area contributed by atoms with E-state index in [1.54, 1.807) is 16.2 Å². The molecule has 3 aromatic rings. The third kappa shape index (κ3) is 5.43. The van der Waals surface area contributed by atoms with Gasteiger partial charge < -0.3 is 24.7 Å². The van der Waals surface area contributed by atoms with E-state index in [0.29, 0.717) is 37.6 Å². The van der Waals surface area contributed by atoms with E-state index in [-0.39, 0.29) is 24.9 Å². The summed E-state index contributed by atoms with van der Waals surface area (Å²) < 4.78 is 32.1. The van der Waals surface area contributed by atoms with Gasteiger partial charge in [0, 0.05) is 31.1 Å². The number of halogens is 2. The topological polar surface area (TPSA) is 99.0 Å². The number of ether oxygens (including phenoxy) is 1. The molecule has 1 aromatic carbocycles. The summed E-state index contributed by atoms with van der Waals surface area (Å²) in [5.74, 6) is -1.35. The summed E-state index contributed by atoms with van der Waals surface area (Å²) in [6.07, 6.45) is -0.169. The Balaban J connectivity index is 1.47. The number of thiophene rings is 1. The van der Waals surface area contributed by atoms with Crippen molar-refractivity contribution in [3.63, 3.8) is 0 Å². The molecule has 8 nitrogen and oxygen atoms in total. The van der Waals surface area contributed by atoms with Crippen LogP contribution in [0.3, 0.4) is 0 Å². The van der Waals surface area contributed by atoms with Crippen molar-refractivity contribution in [3.8, 4) is 6.01 Å². The molecule has 11 heteroatoms. The highest BCUT2D eigenvalue weighted by molar-refractivity contribution is 7.18. The molecule has 0 bridgehead atoms. The van der Waals surface area contributed by atoms with E-state index < -0.39 is 24.3 Å². The monoisotopic (exact) mass is 492 g/mol. The molecule has 0 saturated carbocycles. The zero-order valence-electron chi connectivity index (χ0n) is 18.7.